The molecule has 0 saturated carbocycles. The summed E-state index contributed by atoms with van der Waals surface area (Å²) in [6.07, 6.45) is 3.82. The lowest BCUT2D eigenvalue weighted by atomic mass is 9.99. The Kier molecular flexibility index (Phi) is 5.72. The zero-order valence-corrected chi connectivity index (χ0v) is 14.1. The SMILES string of the molecule is CC1CCN(CCc2nc(C(C)C)c(CS)s2)CC1. The molecule has 0 N–H and O–H groups in total. The van der Waals surface area contributed by atoms with E-state index in [2.05, 4.69) is 38.3 Å². The molecule has 4 heteroatoms. The molecule has 0 amide bonds. The van der Waals surface area contributed by atoms with Crippen molar-refractivity contribution < 1.29 is 0 Å². The first-order valence-corrected chi connectivity index (χ1v) is 8.86. The quantitative estimate of drug-likeness (QED) is 0.828. The molecule has 0 atom stereocenters. The highest BCUT2D eigenvalue weighted by Crippen LogP contribution is 2.27. The predicted octanol–water partition coefficient (Wildman–Crippen LogP) is 3.97. The highest BCUT2D eigenvalue weighted by Gasteiger charge is 2.17. The van der Waals surface area contributed by atoms with Gasteiger partial charge in [0.25, 0.3) is 0 Å². The fraction of sp³-hybridized carbons (Fsp3) is 0.800. The fourth-order valence-corrected chi connectivity index (χ4v) is 4.05. The number of hydrogen-bond acceptors (Lipinski definition) is 4. The number of nitrogens with zero attached hydrogens (tertiary/aromatic N) is 2. The number of piperidine rings is 1. The third-order valence-electron chi connectivity index (χ3n) is 3.98. The van der Waals surface area contributed by atoms with E-state index in [1.54, 1.807) is 0 Å². The van der Waals surface area contributed by atoms with E-state index in [4.69, 9.17) is 4.98 Å². The zero-order chi connectivity index (χ0) is 13.8. The molecule has 2 heterocycles. The minimum atomic E-state index is 0.517. The Hall–Kier alpha value is -0.0600. The lowest BCUT2D eigenvalue weighted by Crippen LogP contribution is -2.34. The highest BCUT2D eigenvalue weighted by molar-refractivity contribution is 7.79. The number of thiol groups is 1. The average molecular weight is 299 g/mol. The van der Waals surface area contributed by atoms with Crippen LogP contribution in [0.1, 0.15) is 55.1 Å². The smallest absolute Gasteiger partial charge is 0.0944 e. The summed E-state index contributed by atoms with van der Waals surface area (Å²) in [4.78, 5) is 8.78. The summed E-state index contributed by atoms with van der Waals surface area (Å²) in [5.74, 6) is 2.26. The molecule has 0 spiro atoms. The van der Waals surface area contributed by atoms with Gasteiger partial charge in [-0.1, -0.05) is 20.8 Å². The normalized spacial score (nSPS) is 18.4. The molecule has 1 aliphatic rings. The van der Waals surface area contributed by atoms with Crippen molar-refractivity contribution in [2.45, 2.75) is 51.7 Å². The average Bonchev–Trinajstić information content (AvgIpc) is 2.81. The van der Waals surface area contributed by atoms with Crippen LogP contribution in [0.5, 0.6) is 0 Å². The molecule has 1 aliphatic heterocycles. The van der Waals surface area contributed by atoms with E-state index < -0.39 is 0 Å². The summed E-state index contributed by atoms with van der Waals surface area (Å²) in [5, 5.41) is 1.30. The lowest BCUT2D eigenvalue weighted by molar-refractivity contribution is 0.194. The van der Waals surface area contributed by atoms with Crippen molar-refractivity contribution in [3.63, 3.8) is 0 Å². The zero-order valence-electron chi connectivity index (χ0n) is 12.4. The predicted molar refractivity (Wildman–Crippen MR) is 87.4 cm³/mol. The van der Waals surface area contributed by atoms with E-state index in [0.29, 0.717) is 5.92 Å². The standard InChI is InChI=1S/C15H26N2S2/c1-11(2)15-13(10-18)19-14(16-15)6-9-17-7-4-12(3)5-8-17/h11-12,18H,4-10H2,1-3H3. The van der Waals surface area contributed by atoms with Crippen LogP contribution < -0.4 is 0 Å². The second-order valence-electron chi connectivity index (χ2n) is 6.00. The fourth-order valence-electron chi connectivity index (χ4n) is 2.62. The number of rotatable bonds is 5. The molecule has 2 rings (SSSR count). The first kappa shape index (κ1) is 15.3. The largest absolute Gasteiger partial charge is 0.303 e. The highest BCUT2D eigenvalue weighted by atomic mass is 32.1. The number of aromatic nitrogens is 1. The van der Waals surface area contributed by atoms with E-state index >= 15 is 0 Å². The van der Waals surface area contributed by atoms with E-state index in [9.17, 15) is 0 Å². The molecular formula is C15H26N2S2. The van der Waals surface area contributed by atoms with Gasteiger partial charge in [0, 0.05) is 23.6 Å². The molecule has 0 aliphatic carbocycles. The molecule has 1 aromatic rings. The number of hydrogen-bond donors (Lipinski definition) is 1. The van der Waals surface area contributed by atoms with Crippen molar-refractivity contribution in [2.75, 3.05) is 19.6 Å². The Morgan fingerprint density at radius 1 is 1.37 bits per heavy atom. The molecule has 19 heavy (non-hydrogen) atoms. The Morgan fingerprint density at radius 2 is 2.05 bits per heavy atom. The maximum atomic E-state index is 4.82. The monoisotopic (exact) mass is 298 g/mol. The van der Waals surface area contributed by atoms with Gasteiger partial charge in [0.1, 0.15) is 0 Å². The second kappa shape index (κ2) is 7.09. The van der Waals surface area contributed by atoms with Gasteiger partial charge in [0.2, 0.25) is 0 Å². The van der Waals surface area contributed by atoms with Crippen LogP contribution in [0.2, 0.25) is 0 Å². The summed E-state index contributed by atoms with van der Waals surface area (Å²) in [5.41, 5.74) is 1.27. The number of likely N-dealkylation sites (tertiary alicyclic amines) is 1. The Bertz CT molecular complexity index is 393. The van der Waals surface area contributed by atoms with Crippen molar-refractivity contribution in [3.05, 3.63) is 15.6 Å². The number of thiazole rings is 1. The summed E-state index contributed by atoms with van der Waals surface area (Å²) in [6.45, 7) is 10.5. The summed E-state index contributed by atoms with van der Waals surface area (Å²) in [6, 6.07) is 0. The molecule has 2 nitrogen and oxygen atoms in total. The summed E-state index contributed by atoms with van der Waals surface area (Å²) >= 11 is 6.29. The van der Waals surface area contributed by atoms with Gasteiger partial charge < -0.3 is 4.90 Å². The molecule has 1 fully saturated rings. The van der Waals surface area contributed by atoms with Gasteiger partial charge in [-0.15, -0.1) is 11.3 Å². The minimum absolute atomic E-state index is 0.517. The van der Waals surface area contributed by atoms with Crippen molar-refractivity contribution in [3.8, 4) is 0 Å². The van der Waals surface area contributed by atoms with Crippen molar-refractivity contribution in [2.24, 2.45) is 5.92 Å². The van der Waals surface area contributed by atoms with Gasteiger partial charge in [-0.2, -0.15) is 12.6 Å². The van der Waals surface area contributed by atoms with Crippen molar-refractivity contribution in [1.29, 1.82) is 0 Å². The molecule has 1 aromatic heterocycles. The topological polar surface area (TPSA) is 16.1 Å². The van der Waals surface area contributed by atoms with Crippen molar-refractivity contribution >= 4 is 24.0 Å². The van der Waals surface area contributed by atoms with Gasteiger partial charge in [-0.25, -0.2) is 4.98 Å². The maximum absolute atomic E-state index is 4.82. The van der Waals surface area contributed by atoms with Gasteiger partial charge in [-0.3, -0.25) is 0 Å². The maximum Gasteiger partial charge on any atom is 0.0944 e. The van der Waals surface area contributed by atoms with Crippen LogP contribution in [0, 0.1) is 5.92 Å². The van der Waals surface area contributed by atoms with E-state index in [0.717, 1.165) is 18.1 Å². The van der Waals surface area contributed by atoms with E-state index in [1.165, 1.54) is 48.1 Å². The molecule has 1 saturated heterocycles. The molecule has 0 bridgehead atoms. The molecule has 0 aromatic carbocycles. The molecule has 0 unspecified atom stereocenters. The van der Waals surface area contributed by atoms with Crippen LogP contribution in [0.4, 0.5) is 0 Å². The Balaban J connectivity index is 1.89. The molecule has 0 radical (unpaired) electrons. The van der Waals surface area contributed by atoms with Crippen LogP contribution >= 0.6 is 24.0 Å². The van der Waals surface area contributed by atoms with Crippen LogP contribution in [-0.4, -0.2) is 29.5 Å². The summed E-state index contributed by atoms with van der Waals surface area (Å²) < 4.78 is 0. The molecular weight excluding hydrogens is 272 g/mol. The van der Waals surface area contributed by atoms with Gasteiger partial charge in [0.15, 0.2) is 0 Å². The molecule has 108 valence electrons. The third-order valence-corrected chi connectivity index (χ3v) is 5.64. The Morgan fingerprint density at radius 3 is 2.58 bits per heavy atom. The minimum Gasteiger partial charge on any atom is -0.303 e. The van der Waals surface area contributed by atoms with Crippen molar-refractivity contribution in [1.82, 2.24) is 9.88 Å². The summed E-state index contributed by atoms with van der Waals surface area (Å²) in [7, 11) is 0. The first-order valence-electron chi connectivity index (χ1n) is 7.41. The van der Waals surface area contributed by atoms with E-state index in [1.807, 2.05) is 11.3 Å². The van der Waals surface area contributed by atoms with Crippen LogP contribution in [0.3, 0.4) is 0 Å². The third kappa shape index (κ3) is 4.20. The van der Waals surface area contributed by atoms with Gasteiger partial charge in [0.05, 0.1) is 10.7 Å². The van der Waals surface area contributed by atoms with Crippen LogP contribution in [0.25, 0.3) is 0 Å². The lowest BCUT2D eigenvalue weighted by Gasteiger charge is -2.29. The van der Waals surface area contributed by atoms with E-state index in [-0.39, 0.29) is 0 Å². The van der Waals surface area contributed by atoms with Gasteiger partial charge >= 0.3 is 0 Å². The van der Waals surface area contributed by atoms with Crippen LogP contribution in [0.15, 0.2) is 0 Å². The second-order valence-corrected chi connectivity index (χ2v) is 7.49. The Labute approximate surface area is 127 Å². The van der Waals surface area contributed by atoms with Gasteiger partial charge in [-0.05, 0) is 37.8 Å². The van der Waals surface area contributed by atoms with Crippen LogP contribution in [-0.2, 0) is 12.2 Å². The first-order chi connectivity index (χ1) is 9.10.